The van der Waals surface area contributed by atoms with Gasteiger partial charge in [-0.1, -0.05) is 43.0 Å². The summed E-state index contributed by atoms with van der Waals surface area (Å²) in [6.45, 7) is 0.100. The van der Waals surface area contributed by atoms with Crippen molar-refractivity contribution in [3.05, 3.63) is 58.6 Å². The number of carbonyl (C=O) groups excluding carboxylic acids is 1. The minimum atomic E-state index is -3.90. The molecule has 0 aromatic heterocycles. The highest BCUT2D eigenvalue weighted by Crippen LogP contribution is 2.27. The molecule has 8 heteroatoms. The summed E-state index contributed by atoms with van der Waals surface area (Å²) in [6.07, 6.45) is 5.37. The van der Waals surface area contributed by atoms with E-state index in [-0.39, 0.29) is 29.1 Å². The highest BCUT2D eigenvalue weighted by molar-refractivity contribution is 7.89. The summed E-state index contributed by atoms with van der Waals surface area (Å²) in [5, 5.41) is 0.580. The molecule has 162 valence electrons. The van der Waals surface area contributed by atoms with Gasteiger partial charge in [0.1, 0.15) is 10.6 Å². The number of methoxy groups -OCH3 is 1. The van der Waals surface area contributed by atoms with E-state index >= 15 is 0 Å². The Hall–Kier alpha value is -2.09. The average Bonchev–Trinajstić information content (AvgIpc) is 2.78. The number of nitrogens with one attached hydrogen (secondary N) is 1. The molecule has 1 amide bonds. The van der Waals surface area contributed by atoms with Gasteiger partial charge in [0, 0.05) is 30.2 Å². The number of rotatable bonds is 7. The Bertz CT molecular complexity index is 987. The van der Waals surface area contributed by atoms with Gasteiger partial charge in [0.15, 0.2) is 0 Å². The molecule has 30 heavy (non-hydrogen) atoms. The number of hydrogen-bond acceptors (Lipinski definition) is 4. The van der Waals surface area contributed by atoms with E-state index in [9.17, 15) is 13.2 Å². The topological polar surface area (TPSA) is 75.7 Å². The third-order valence-electron chi connectivity index (χ3n) is 5.52. The van der Waals surface area contributed by atoms with Crippen molar-refractivity contribution in [3.63, 3.8) is 0 Å². The van der Waals surface area contributed by atoms with Crippen LogP contribution in [0.5, 0.6) is 5.75 Å². The fourth-order valence-electron chi connectivity index (χ4n) is 3.72. The molecule has 1 saturated carbocycles. The van der Waals surface area contributed by atoms with E-state index in [1.807, 2.05) is 0 Å². The molecule has 0 heterocycles. The smallest absolute Gasteiger partial charge is 0.253 e. The molecular formula is C22H27ClN2O4S. The second kappa shape index (κ2) is 9.81. The lowest BCUT2D eigenvalue weighted by atomic mass is 9.94. The second-order valence-electron chi connectivity index (χ2n) is 7.52. The van der Waals surface area contributed by atoms with Crippen LogP contribution < -0.4 is 9.46 Å². The summed E-state index contributed by atoms with van der Waals surface area (Å²) in [6, 6.07) is 11.6. The van der Waals surface area contributed by atoms with Gasteiger partial charge in [-0.25, -0.2) is 13.1 Å². The normalized spacial score (nSPS) is 15.0. The third kappa shape index (κ3) is 5.33. The highest BCUT2D eigenvalue weighted by atomic mass is 35.5. The lowest BCUT2D eigenvalue weighted by molar-refractivity contribution is 0.0696. The maximum Gasteiger partial charge on any atom is 0.253 e. The van der Waals surface area contributed by atoms with E-state index in [1.54, 1.807) is 42.3 Å². The maximum absolute atomic E-state index is 13.0. The Morgan fingerprint density at radius 3 is 2.43 bits per heavy atom. The number of sulfonamides is 1. The van der Waals surface area contributed by atoms with Gasteiger partial charge in [-0.15, -0.1) is 0 Å². The number of nitrogens with zero attached hydrogens (tertiary/aromatic N) is 1. The zero-order valence-electron chi connectivity index (χ0n) is 17.2. The lowest BCUT2D eigenvalue weighted by Crippen LogP contribution is -2.38. The number of benzene rings is 2. The van der Waals surface area contributed by atoms with Crippen LogP contribution >= 0.6 is 11.6 Å². The standard InChI is InChI=1S/C22H27ClN2O4S/c1-25(19-6-4-3-5-7-19)22(26)17-10-13-20(29-2)21(14-17)30(27,28)24-15-16-8-11-18(23)12-9-16/h8-14,19,24H,3-7,15H2,1-2H3. The Morgan fingerprint density at radius 2 is 1.80 bits per heavy atom. The van der Waals surface area contributed by atoms with Gasteiger partial charge in [-0.3, -0.25) is 4.79 Å². The number of halogens is 1. The van der Waals surface area contributed by atoms with Crippen LogP contribution in [-0.2, 0) is 16.6 Å². The Morgan fingerprint density at radius 1 is 1.13 bits per heavy atom. The van der Waals surface area contributed by atoms with Crippen LogP contribution in [0.2, 0.25) is 5.02 Å². The molecule has 0 unspecified atom stereocenters. The molecule has 0 saturated heterocycles. The number of carbonyl (C=O) groups is 1. The first-order chi connectivity index (χ1) is 14.3. The van der Waals surface area contributed by atoms with Gasteiger partial charge in [0.2, 0.25) is 10.0 Å². The largest absolute Gasteiger partial charge is 0.495 e. The molecule has 0 spiro atoms. The summed E-state index contributed by atoms with van der Waals surface area (Å²) in [4.78, 5) is 14.7. The minimum Gasteiger partial charge on any atom is -0.495 e. The number of hydrogen-bond donors (Lipinski definition) is 1. The van der Waals surface area contributed by atoms with Gasteiger partial charge in [-0.2, -0.15) is 0 Å². The van der Waals surface area contributed by atoms with Crippen LogP contribution in [-0.4, -0.2) is 39.4 Å². The monoisotopic (exact) mass is 450 g/mol. The van der Waals surface area contributed by atoms with Crippen molar-refractivity contribution in [1.29, 1.82) is 0 Å². The average molecular weight is 451 g/mol. The van der Waals surface area contributed by atoms with E-state index in [2.05, 4.69) is 4.72 Å². The Balaban J connectivity index is 1.82. The molecule has 1 aliphatic rings. The number of ether oxygens (including phenoxy) is 1. The fourth-order valence-corrected chi connectivity index (χ4v) is 5.05. The van der Waals surface area contributed by atoms with Crippen LogP contribution in [0.15, 0.2) is 47.4 Å². The van der Waals surface area contributed by atoms with Gasteiger partial charge in [-0.05, 0) is 48.7 Å². The predicted octanol–water partition coefficient (Wildman–Crippen LogP) is 4.23. The third-order valence-corrected chi connectivity index (χ3v) is 7.20. The van der Waals surface area contributed by atoms with Crippen molar-refractivity contribution >= 4 is 27.5 Å². The van der Waals surface area contributed by atoms with Crippen molar-refractivity contribution < 1.29 is 17.9 Å². The van der Waals surface area contributed by atoms with Crippen LogP contribution in [0.1, 0.15) is 48.0 Å². The molecule has 1 fully saturated rings. The van der Waals surface area contributed by atoms with Crippen molar-refractivity contribution in [3.8, 4) is 5.75 Å². The van der Waals surface area contributed by atoms with Crippen molar-refractivity contribution in [2.45, 2.75) is 49.6 Å². The lowest BCUT2D eigenvalue weighted by Gasteiger charge is -2.31. The van der Waals surface area contributed by atoms with E-state index in [1.165, 1.54) is 25.7 Å². The molecule has 1 N–H and O–H groups in total. The predicted molar refractivity (Wildman–Crippen MR) is 117 cm³/mol. The van der Waals surface area contributed by atoms with E-state index in [4.69, 9.17) is 16.3 Å². The summed E-state index contributed by atoms with van der Waals surface area (Å²) in [7, 11) is -0.703. The first-order valence-corrected chi connectivity index (χ1v) is 11.9. The molecule has 6 nitrogen and oxygen atoms in total. The Kier molecular flexibility index (Phi) is 7.39. The zero-order chi connectivity index (χ0) is 21.7. The second-order valence-corrected chi connectivity index (χ2v) is 9.70. The van der Waals surface area contributed by atoms with Gasteiger partial charge in [0.25, 0.3) is 5.91 Å². The summed E-state index contributed by atoms with van der Waals surface area (Å²) in [5.74, 6) is 0.00850. The summed E-state index contributed by atoms with van der Waals surface area (Å²) in [5.41, 5.74) is 1.10. The van der Waals surface area contributed by atoms with Crippen molar-refractivity contribution in [2.24, 2.45) is 0 Å². The minimum absolute atomic E-state index is 0.0538. The molecule has 2 aromatic rings. The van der Waals surface area contributed by atoms with Crippen LogP contribution in [0.4, 0.5) is 0 Å². The van der Waals surface area contributed by atoms with Gasteiger partial charge < -0.3 is 9.64 Å². The van der Waals surface area contributed by atoms with E-state index < -0.39 is 10.0 Å². The van der Waals surface area contributed by atoms with Crippen LogP contribution in [0.25, 0.3) is 0 Å². The molecule has 2 aromatic carbocycles. The van der Waals surface area contributed by atoms with Gasteiger partial charge in [0.05, 0.1) is 7.11 Å². The SMILES string of the molecule is COc1ccc(C(=O)N(C)C2CCCCC2)cc1S(=O)(=O)NCc1ccc(Cl)cc1. The Labute approximate surface area is 183 Å². The molecule has 0 atom stereocenters. The molecule has 0 bridgehead atoms. The molecule has 0 radical (unpaired) electrons. The van der Waals surface area contributed by atoms with E-state index in [0.717, 1.165) is 31.2 Å². The maximum atomic E-state index is 13.0. The van der Waals surface area contributed by atoms with E-state index in [0.29, 0.717) is 10.6 Å². The van der Waals surface area contributed by atoms with Gasteiger partial charge >= 0.3 is 0 Å². The van der Waals surface area contributed by atoms with Crippen molar-refractivity contribution in [1.82, 2.24) is 9.62 Å². The highest BCUT2D eigenvalue weighted by Gasteiger charge is 2.26. The summed E-state index contributed by atoms with van der Waals surface area (Å²) >= 11 is 5.87. The quantitative estimate of drug-likeness (QED) is 0.684. The van der Waals surface area contributed by atoms with Crippen molar-refractivity contribution in [2.75, 3.05) is 14.2 Å². The van der Waals surface area contributed by atoms with Crippen LogP contribution in [0, 0.1) is 0 Å². The fraction of sp³-hybridized carbons (Fsp3) is 0.409. The molecular weight excluding hydrogens is 424 g/mol. The molecule has 1 aliphatic carbocycles. The first-order valence-electron chi connectivity index (χ1n) is 10.0. The zero-order valence-corrected chi connectivity index (χ0v) is 18.8. The molecule has 0 aliphatic heterocycles. The summed E-state index contributed by atoms with van der Waals surface area (Å²) < 4.78 is 33.7. The first kappa shape index (κ1) is 22.6. The number of amides is 1. The van der Waals surface area contributed by atoms with Crippen LogP contribution in [0.3, 0.4) is 0 Å². The molecule has 3 rings (SSSR count).